The van der Waals surface area contributed by atoms with E-state index in [1.165, 1.54) is 6.20 Å². The van der Waals surface area contributed by atoms with E-state index in [2.05, 4.69) is 15.3 Å². The van der Waals surface area contributed by atoms with Gasteiger partial charge < -0.3 is 19.8 Å². The Morgan fingerprint density at radius 2 is 2.35 bits per heavy atom. The molecule has 7 nitrogen and oxygen atoms in total. The van der Waals surface area contributed by atoms with E-state index in [-0.39, 0.29) is 17.5 Å². The Morgan fingerprint density at radius 1 is 1.52 bits per heavy atom. The Bertz CT molecular complexity index is 769. The number of aryl methyl sites for hydroxylation is 1. The molecular weight excluding hydrogens is 318 g/mol. The predicted octanol–water partition coefficient (Wildman–Crippen LogP) is 1.16. The predicted molar refractivity (Wildman–Crippen MR) is 88.0 cm³/mol. The first kappa shape index (κ1) is 15.6. The van der Waals surface area contributed by atoms with Crippen LogP contribution >= 0.6 is 11.6 Å². The van der Waals surface area contributed by atoms with Crippen LogP contribution in [-0.2, 0) is 7.05 Å². The van der Waals surface area contributed by atoms with Gasteiger partial charge >= 0.3 is 0 Å². The highest BCUT2D eigenvalue weighted by molar-refractivity contribution is 6.31. The van der Waals surface area contributed by atoms with Crippen molar-refractivity contribution in [3.63, 3.8) is 0 Å². The van der Waals surface area contributed by atoms with E-state index in [1.54, 1.807) is 30.1 Å². The Balaban J connectivity index is 1.70. The summed E-state index contributed by atoms with van der Waals surface area (Å²) in [6.07, 6.45) is 6.51. The summed E-state index contributed by atoms with van der Waals surface area (Å²) in [5.41, 5.74) is 0.302. The van der Waals surface area contributed by atoms with Crippen molar-refractivity contribution in [2.75, 3.05) is 18.0 Å². The Kier molecular flexibility index (Phi) is 4.38. The zero-order chi connectivity index (χ0) is 16.4. The maximum Gasteiger partial charge on any atom is 0.290 e. The van der Waals surface area contributed by atoms with Gasteiger partial charge in [0.05, 0.1) is 5.02 Å². The number of nitrogens with one attached hydrogen (secondary N) is 2. The van der Waals surface area contributed by atoms with Crippen molar-refractivity contribution in [1.29, 1.82) is 0 Å². The van der Waals surface area contributed by atoms with Crippen molar-refractivity contribution in [2.45, 2.75) is 18.9 Å². The normalized spacial score (nSPS) is 18.0. The highest BCUT2D eigenvalue weighted by Crippen LogP contribution is 2.16. The van der Waals surface area contributed by atoms with E-state index in [0.29, 0.717) is 23.1 Å². The van der Waals surface area contributed by atoms with Crippen molar-refractivity contribution in [1.82, 2.24) is 19.9 Å². The lowest BCUT2D eigenvalue weighted by Gasteiger charge is -2.33. The van der Waals surface area contributed by atoms with Crippen LogP contribution in [0.3, 0.4) is 0 Å². The van der Waals surface area contributed by atoms with Crippen LogP contribution in [-0.4, -0.2) is 39.6 Å². The summed E-state index contributed by atoms with van der Waals surface area (Å²) in [6.45, 7) is 1.31. The molecule has 23 heavy (non-hydrogen) atoms. The maximum atomic E-state index is 12.4. The molecular formula is C15H18ClN5O2. The maximum absolute atomic E-state index is 12.4. The zero-order valence-electron chi connectivity index (χ0n) is 12.8. The number of carbonyl (C=O) groups is 1. The second-order valence-electron chi connectivity index (χ2n) is 5.66. The number of carbonyl (C=O) groups excluding carboxylic acids is 1. The fraction of sp³-hybridized carbons (Fsp3) is 0.400. The van der Waals surface area contributed by atoms with E-state index < -0.39 is 0 Å². The minimum Gasteiger partial charge on any atom is -0.350 e. The number of piperidine rings is 1. The second kappa shape index (κ2) is 6.45. The van der Waals surface area contributed by atoms with Gasteiger partial charge in [-0.2, -0.15) is 0 Å². The number of anilines is 1. The Morgan fingerprint density at radius 3 is 3.04 bits per heavy atom. The van der Waals surface area contributed by atoms with Crippen molar-refractivity contribution in [3.05, 3.63) is 45.7 Å². The number of halogens is 1. The van der Waals surface area contributed by atoms with Gasteiger partial charge in [0.15, 0.2) is 5.82 Å². The Labute approximate surface area is 138 Å². The summed E-state index contributed by atoms with van der Waals surface area (Å²) in [5, 5.41) is 3.54. The highest BCUT2D eigenvalue weighted by atomic mass is 35.5. The van der Waals surface area contributed by atoms with Gasteiger partial charge in [-0.25, -0.2) is 4.98 Å². The van der Waals surface area contributed by atoms with E-state index >= 15 is 0 Å². The minimum absolute atomic E-state index is 0.0358. The fourth-order valence-electron chi connectivity index (χ4n) is 2.87. The molecule has 0 bridgehead atoms. The molecule has 8 heteroatoms. The number of amides is 1. The fourth-order valence-corrected chi connectivity index (χ4v) is 3.12. The monoisotopic (exact) mass is 335 g/mol. The van der Waals surface area contributed by atoms with E-state index in [4.69, 9.17) is 11.6 Å². The largest absolute Gasteiger partial charge is 0.350 e. The number of rotatable bonds is 3. The lowest BCUT2D eigenvalue weighted by Crippen LogP contribution is -2.49. The van der Waals surface area contributed by atoms with Crippen LogP contribution in [0.2, 0.25) is 5.02 Å². The molecule has 122 valence electrons. The van der Waals surface area contributed by atoms with Crippen molar-refractivity contribution < 1.29 is 4.79 Å². The van der Waals surface area contributed by atoms with Crippen LogP contribution < -0.4 is 15.8 Å². The average Bonchev–Trinajstić information content (AvgIpc) is 2.87. The number of hydrogen-bond acceptors (Lipinski definition) is 4. The first-order valence-corrected chi connectivity index (χ1v) is 7.84. The summed E-state index contributed by atoms with van der Waals surface area (Å²) in [5.74, 6) is 0.231. The van der Waals surface area contributed by atoms with Crippen LogP contribution in [0.4, 0.5) is 5.82 Å². The summed E-state index contributed by atoms with van der Waals surface area (Å²) in [4.78, 5) is 32.9. The van der Waals surface area contributed by atoms with Gasteiger partial charge in [0.25, 0.3) is 11.5 Å². The summed E-state index contributed by atoms with van der Waals surface area (Å²) in [6, 6.07) is 1.60. The molecule has 3 heterocycles. The van der Waals surface area contributed by atoms with Crippen molar-refractivity contribution >= 4 is 23.3 Å². The third-order valence-corrected chi connectivity index (χ3v) is 4.16. The first-order valence-electron chi connectivity index (χ1n) is 7.46. The van der Waals surface area contributed by atoms with Gasteiger partial charge in [-0.1, -0.05) is 11.6 Å². The molecule has 0 radical (unpaired) electrons. The van der Waals surface area contributed by atoms with Crippen molar-refractivity contribution in [3.8, 4) is 0 Å². The molecule has 0 aliphatic carbocycles. The highest BCUT2D eigenvalue weighted by Gasteiger charge is 2.24. The lowest BCUT2D eigenvalue weighted by atomic mass is 10.1. The first-order chi connectivity index (χ1) is 11.0. The third-order valence-electron chi connectivity index (χ3n) is 3.95. The van der Waals surface area contributed by atoms with E-state index in [9.17, 15) is 9.59 Å². The molecule has 0 spiro atoms. The molecule has 3 rings (SSSR count). The molecule has 2 aromatic rings. The van der Waals surface area contributed by atoms with Gasteiger partial charge in [-0.3, -0.25) is 9.59 Å². The van der Waals surface area contributed by atoms with E-state index in [0.717, 1.165) is 19.4 Å². The van der Waals surface area contributed by atoms with Gasteiger partial charge in [-0.15, -0.1) is 0 Å². The van der Waals surface area contributed by atoms with Crippen LogP contribution in [0.15, 0.2) is 29.5 Å². The standard InChI is InChI=1S/C15H18ClN5O2/c1-20-8-10(16)7-12(20)14(22)19-11-3-2-6-21(9-11)13-15(23)18-5-4-17-13/h4-5,7-8,11H,2-3,6,9H2,1H3,(H,18,23)(H,19,22)/t11-/m1/s1. The van der Waals surface area contributed by atoms with E-state index in [1.807, 2.05) is 4.90 Å². The van der Waals surface area contributed by atoms with Crippen LogP contribution in [0.25, 0.3) is 0 Å². The quantitative estimate of drug-likeness (QED) is 0.881. The smallest absolute Gasteiger partial charge is 0.290 e. The molecule has 1 saturated heterocycles. The zero-order valence-corrected chi connectivity index (χ0v) is 13.5. The number of hydrogen-bond donors (Lipinski definition) is 2. The summed E-state index contributed by atoms with van der Waals surface area (Å²) >= 11 is 5.92. The number of H-pyrrole nitrogens is 1. The summed E-state index contributed by atoms with van der Waals surface area (Å²) in [7, 11) is 1.78. The van der Waals surface area contributed by atoms with Gasteiger partial charge in [0.1, 0.15) is 5.69 Å². The molecule has 1 fully saturated rings. The lowest BCUT2D eigenvalue weighted by molar-refractivity contribution is 0.0925. The average molecular weight is 336 g/mol. The number of nitrogens with zero attached hydrogens (tertiary/aromatic N) is 3. The van der Waals surface area contributed by atoms with Gasteiger partial charge in [-0.05, 0) is 18.9 Å². The van der Waals surface area contributed by atoms with Crippen LogP contribution in [0.1, 0.15) is 23.3 Å². The molecule has 0 unspecified atom stereocenters. The molecule has 1 amide bonds. The topological polar surface area (TPSA) is 83.0 Å². The molecule has 0 aromatic carbocycles. The number of aromatic amines is 1. The molecule has 2 aromatic heterocycles. The van der Waals surface area contributed by atoms with Crippen LogP contribution in [0.5, 0.6) is 0 Å². The SMILES string of the molecule is Cn1cc(Cl)cc1C(=O)N[C@@H]1CCCN(c2ncc[nH]c2=O)C1. The van der Waals surface area contributed by atoms with Crippen LogP contribution in [0, 0.1) is 0 Å². The van der Waals surface area contributed by atoms with Gasteiger partial charge in [0, 0.05) is 44.8 Å². The second-order valence-corrected chi connectivity index (χ2v) is 6.09. The molecule has 2 N–H and O–H groups in total. The molecule has 1 atom stereocenters. The van der Waals surface area contributed by atoms with Gasteiger partial charge in [0.2, 0.25) is 0 Å². The molecule has 0 saturated carbocycles. The Hall–Kier alpha value is -2.28. The molecule has 1 aliphatic heterocycles. The number of aromatic nitrogens is 3. The minimum atomic E-state index is -0.214. The third kappa shape index (κ3) is 3.39. The molecule has 1 aliphatic rings. The summed E-state index contributed by atoms with van der Waals surface area (Å²) < 4.78 is 1.70. The van der Waals surface area contributed by atoms with Crippen molar-refractivity contribution in [2.24, 2.45) is 7.05 Å².